The van der Waals surface area contributed by atoms with Gasteiger partial charge in [-0.3, -0.25) is 4.79 Å². The highest BCUT2D eigenvalue weighted by molar-refractivity contribution is 5.68. The highest BCUT2D eigenvalue weighted by Crippen LogP contribution is 2.22. The van der Waals surface area contributed by atoms with Crippen LogP contribution in [-0.4, -0.2) is 21.0 Å². The number of carboxylic acids is 1. The Balaban J connectivity index is 2.17. The van der Waals surface area contributed by atoms with Crippen molar-refractivity contribution in [3.8, 4) is 11.3 Å². The van der Waals surface area contributed by atoms with E-state index in [-0.39, 0.29) is 6.42 Å². The molecule has 0 bridgehead atoms. The number of aromatic nitrogens is 2. The molecule has 1 aromatic heterocycles. The Hall–Kier alpha value is -2.10. The van der Waals surface area contributed by atoms with E-state index in [2.05, 4.69) is 29.0 Å². The first kappa shape index (κ1) is 13.3. The van der Waals surface area contributed by atoms with Crippen LogP contribution in [-0.2, 0) is 17.6 Å². The summed E-state index contributed by atoms with van der Waals surface area (Å²) >= 11 is 0. The van der Waals surface area contributed by atoms with Gasteiger partial charge in [-0.25, -0.2) is 4.98 Å². The lowest BCUT2D eigenvalue weighted by molar-refractivity contribution is -0.136. The van der Waals surface area contributed by atoms with E-state index in [9.17, 15) is 4.79 Å². The predicted octanol–water partition coefficient (Wildman–Crippen LogP) is 3.05. The van der Waals surface area contributed by atoms with E-state index in [1.165, 1.54) is 5.56 Å². The molecular formula is C15H18N2O2. The SMILES string of the molecule is CCCc1ccc(-c2nc[nH]c2CCC(=O)O)cc1. The van der Waals surface area contributed by atoms with E-state index < -0.39 is 5.97 Å². The monoisotopic (exact) mass is 258 g/mol. The summed E-state index contributed by atoms with van der Waals surface area (Å²) in [6, 6.07) is 8.31. The molecule has 0 spiro atoms. The quantitative estimate of drug-likeness (QED) is 0.837. The van der Waals surface area contributed by atoms with Gasteiger partial charge in [0.2, 0.25) is 0 Å². The molecule has 0 aliphatic heterocycles. The molecule has 0 saturated heterocycles. The first-order valence-electron chi connectivity index (χ1n) is 6.54. The van der Waals surface area contributed by atoms with Crippen LogP contribution in [0.2, 0.25) is 0 Å². The molecule has 1 aromatic carbocycles. The molecule has 100 valence electrons. The molecule has 2 rings (SSSR count). The molecule has 0 aliphatic carbocycles. The Kier molecular flexibility index (Phi) is 4.34. The third-order valence-corrected chi connectivity index (χ3v) is 3.07. The molecule has 2 aromatic rings. The molecule has 2 N–H and O–H groups in total. The molecule has 1 heterocycles. The molecular weight excluding hydrogens is 240 g/mol. The third-order valence-electron chi connectivity index (χ3n) is 3.07. The van der Waals surface area contributed by atoms with Gasteiger partial charge in [0.05, 0.1) is 18.4 Å². The first-order valence-corrected chi connectivity index (χ1v) is 6.54. The van der Waals surface area contributed by atoms with Crippen molar-refractivity contribution in [1.29, 1.82) is 0 Å². The number of hydrogen-bond donors (Lipinski definition) is 2. The Bertz CT molecular complexity index is 544. The molecule has 0 fully saturated rings. The average Bonchev–Trinajstić information content (AvgIpc) is 2.86. The second kappa shape index (κ2) is 6.18. The van der Waals surface area contributed by atoms with E-state index in [0.717, 1.165) is 29.8 Å². The number of carbonyl (C=O) groups is 1. The van der Waals surface area contributed by atoms with Crippen molar-refractivity contribution in [2.24, 2.45) is 0 Å². The topological polar surface area (TPSA) is 66.0 Å². The lowest BCUT2D eigenvalue weighted by Gasteiger charge is -2.04. The van der Waals surface area contributed by atoms with Gasteiger partial charge in [-0.1, -0.05) is 37.6 Å². The number of imidazole rings is 1. The molecule has 4 nitrogen and oxygen atoms in total. The third kappa shape index (κ3) is 3.44. The number of hydrogen-bond acceptors (Lipinski definition) is 2. The molecule has 0 unspecified atom stereocenters. The summed E-state index contributed by atoms with van der Waals surface area (Å²) in [5.41, 5.74) is 4.07. The summed E-state index contributed by atoms with van der Waals surface area (Å²) in [5.74, 6) is -0.793. The zero-order chi connectivity index (χ0) is 13.7. The van der Waals surface area contributed by atoms with Crippen molar-refractivity contribution in [3.63, 3.8) is 0 Å². The Morgan fingerprint density at radius 1 is 1.26 bits per heavy atom. The fourth-order valence-corrected chi connectivity index (χ4v) is 2.11. The van der Waals surface area contributed by atoms with Gasteiger partial charge in [0.25, 0.3) is 0 Å². The van der Waals surface area contributed by atoms with Crippen molar-refractivity contribution in [2.75, 3.05) is 0 Å². The summed E-state index contributed by atoms with van der Waals surface area (Å²) in [6.07, 6.45) is 4.41. The van der Waals surface area contributed by atoms with Crippen molar-refractivity contribution in [1.82, 2.24) is 9.97 Å². The molecule has 0 radical (unpaired) electrons. The lowest BCUT2D eigenvalue weighted by atomic mass is 10.0. The van der Waals surface area contributed by atoms with Gasteiger partial charge in [0.1, 0.15) is 0 Å². The summed E-state index contributed by atoms with van der Waals surface area (Å²) in [6.45, 7) is 2.16. The van der Waals surface area contributed by atoms with E-state index in [0.29, 0.717) is 6.42 Å². The van der Waals surface area contributed by atoms with Gasteiger partial charge in [0.15, 0.2) is 0 Å². The van der Waals surface area contributed by atoms with Crippen LogP contribution in [0.5, 0.6) is 0 Å². The number of benzene rings is 1. The zero-order valence-corrected chi connectivity index (χ0v) is 11.0. The van der Waals surface area contributed by atoms with Crippen molar-refractivity contribution < 1.29 is 9.90 Å². The average molecular weight is 258 g/mol. The standard InChI is InChI=1S/C15H18N2O2/c1-2-3-11-4-6-12(7-5-11)15-13(16-10-17-15)8-9-14(18)19/h4-7,10H,2-3,8-9H2,1H3,(H,16,17)(H,18,19). The molecule has 19 heavy (non-hydrogen) atoms. The van der Waals surface area contributed by atoms with Crippen LogP contribution in [0, 0.1) is 0 Å². The fourth-order valence-electron chi connectivity index (χ4n) is 2.11. The fraction of sp³-hybridized carbons (Fsp3) is 0.333. The number of aliphatic carboxylic acids is 1. The van der Waals surface area contributed by atoms with Gasteiger partial charge >= 0.3 is 5.97 Å². The maximum Gasteiger partial charge on any atom is 0.303 e. The minimum absolute atomic E-state index is 0.114. The highest BCUT2D eigenvalue weighted by atomic mass is 16.4. The number of carboxylic acid groups (broad SMARTS) is 1. The summed E-state index contributed by atoms with van der Waals surface area (Å²) < 4.78 is 0. The Morgan fingerprint density at radius 2 is 2.00 bits per heavy atom. The van der Waals surface area contributed by atoms with Gasteiger partial charge in [-0.2, -0.15) is 0 Å². The minimum Gasteiger partial charge on any atom is -0.481 e. The van der Waals surface area contributed by atoms with Crippen LogP contribution >= 0.6 is 0 Å². The summed E-state index contributed by atoms with van der Waals surface area (Å²) in [7, 11) is 0. The largest absolute Gasteiger partial charge is 0.481 e. The van der Waals surface area contributed by atoms with Crippen LogP contribution in [0.4, 0.5) is 0 Å². The first-order chi connectivity index (χ1) is 9.20. The van der Waals surface area contributed by atoms with Crippen LogP contribution in [0.15, 0.2) is 30.6 Å². The normalized spacial score (nSPS) is 10.6. The van der Waals surface area contributed by atoms with Crippen LogP contribution in [0.3, 0.4) is 0 Å². The van der Waals surface area contributed by atoms with Gasteiger partial charge < -0.3 is 10.1 Å². The van der Waals surface area contributed by atoms with E-state index >= 15 is 0 Å². The highest BCUT2D eigenvalue weighted by Gasteiger charge is 2.09. The van der Waals surface area contributed by atoms with Crippen LogP contribution in [0.25, 0.3) is 11.3 Å². The zero-order valence-electron chi connectivity index (χ0n) is 11.0. The van der Waals surface area contributed by atoms with E-state index in [1.807, 2.05) is 12.1 Å². The lowest BCUT2D eigenvalue weighted by Crippen LogP contribution is -1.99. The summed E-state index contributed by atoms with van der Waals surface area (Å²) in [4.78, 5) is 17.9. The van der Waals surface area contributed by atoms with Crippen LogP contribution < -0.4 is 0 Å². The predicted molar refractivity (Wildman–Crippen MR) is 74.0 cm³/mol. The molecule has 4 heteroatoms. The molecule has 0 saturated carbocycles. The van der Waals surface area contributed by atoms with Crippen molar-refractivity contribution in [2.45, 2.75) is 32.6 Å². The number of aromatic amines is 1. The molecule has 0 atom stereocenters. The van der Waals surface area contributed by atoms with Crippen molar-refractivity contribution >= 4 is 5.97 Å². The summed E-state index contributed by atoms with van der Waals surface area (Å²) in [5, 5.41) is 8.73. The van der Waals surface area contributed by atoms with Gasteiger partial charge in [0, 0.05) is 17.7 Å². The molecule has 0 aliphatic rings. The molecule has 0 amide bonds. The van der Waals surface area contributed by atoms with Gasteiger partial charge in [-0.05, 0) is 12.0 Å². The van der Waals surface area contributed by atoms with E-state index in [4.69, 9.17) is 5.11 Å². The maximum absolute atomic E-state index is 10.6. The Labute approximate surface area is 112 Å². The number of H-pyrrole nitrogens is 1. The minimum atomic E-state index is -0.793. The van der Waals surface area contributed by atoms with Gasteiger partial charge in [-0.15, -0.1) is 0 Å². The number of nitrogens with zero attached hydrogens (tertiary/aromatic N) is 1. The number of aryl methyl sites for hydroxylation is 2. The number of nitrogens with one attached hydrogen (secondary N) is 1. The Morgan fingerprint density at radius 3 is 2.63 bits per heavy atom. The second-order valence-electron chi connectivity index (χ2n) is 4.57. The second-order valence-corrected chi connectivity index (χ2v) is 4.57. The van der Waals surface area contributed by atoms with E-state index in [1.54, 1.807) is 6.33 Å². The van der Waals surface area contributed by atoms with Crippen LogP contribution in [0.1, 0.15) is 31.0 Å². The smallest absolute Gasteiger partial charge is 0.303 e. The van der Waals surface area contributed by atoms with Crippen molar-refractivity contribution in [3.05, 3.63) is 41.9 Å². The number of rotatable bonds is 6. The maximum atomic E-state index is 10.6.